The molecule has 2 aromatic carbocycles. The highest BCUT2D eigenvalue weighted by atomic mass is 35.5. The number of anilines is 2. The van der Waals surface area contributed by atoms with Crippen molar-refractivity contribution in [2.24, 2.45) is 0 Å². The van der Waals surface area contributed by atoms with E-state index in [1.54, 1.807) is 12.1 Å². The van der Waals surface area contributed by atoms with E-state index in [0.717, 1.165) is 10.5 Å². The van der Waals surface area contributed by atoms with Crippen LogP contribution in [0.1, 0.15) is 0 Å². The van der Waals surface area contributed by atoms with E-state index >= 15 is 0 Å². The molecule has 0 radical (unpaired) electrons. The minimum atomic E-state index is 0.263. The van der Waals surface area contributed by atoms with Gasteiger partial charge < -0.3 is 11.5 Å². The smallest absolute Gasteiger partial charge is 0.186 e. The molecular formula is C18H13ClN6S. The molecular weight excluding hydrogens is 368 g/mol. The number of hydrogen-bond acceptors (Lipinski definition) is 7. The molecule has 0 spiro atoms. The second-order valence-corrected chi connectivity index (χ2v) is 6.94. The topological polar surface area (TPSA) is 104 Å². The number of benzene rings is 2. The van der Waals surface area contributed by atoms with Crippen molar-refractivity contribution >= 4 is 46.2 Å². The Morgan fingerprint density at radius 1 is 0.769 bits per heavy atom. The highest BCUT2D eigenvalue weighted by Gasteiger charge is 2.14. The van der Waals surface area contributed by atoms with Gasteiger partial charge in [0.2, 0.25) is 0 Å². The summed E-state index contributed by atoms with van der Waals surface area (Å²) in [6.45, 7) is 0. The summed E-state index contributed by atoms with van der Waals surface area (Å²) in [5, 5.41) is 1.21. The van der Waals surface area contributed by atoms with Crippen LogP contribution in [0.2, 0.25) is 5.02 Å². The normalized spacial score (nSPS) is 11.0. The Labute approximate surface area is 158 Å². The number of nitrogens with two attached hydrogens (primary N) is 2. The Morgan fingerprint density at radius 2 is 1.50 bits per heavy atom. The number of nitrogens with zero attached hydrogens (tertiary/aromatic N) is 4. The standard InChI is InChI=1S/C18H13ClN6S/c19-11-6-8-12(9-7-11)26-18-15(21)24-17-13(22-18)14(20)23-16(25-17)10-4-2-1-3-5-10/h1-9H,(H4,20,21,23,24,25). The van der Waals surface area contributed by atoms with Gasteiger partial charge in [0.15, 0.2) is 28.6 Å². The van der Waals surface area contributed by atoms with Crippen molar-refractivity contribution in [2.75, 3.05) is 11.5 Å². The van der Waals surface area contributed by atoms with Crippen molar-refractivity contribution in [1.29, 1.82) is 0 Å². The van der Waals surface area contributed by atoms with Gasteiger partial charge in [-0.15, -0.1) is 0 Å². The van der Waals surface area contributed by atoms with Crippen molar-refractivity contribution in [1.82, 2.24) is 19.9 Å². The molecule has 4 aromatic rings. The molecule has 26 heavy (non-hydrogen) atoms. The number of aromatic nitrogens is 4. The van der Waals surface area contributed by atoms with Gasteiger partial charge in [-0.05, 0) is 24.3 Å². The number of fused-ring (bicyclic) bond motifs is 1. The first-order valence-corrected chi connectivity index (χ1v) is 8.89. The average Bonchev–Trinajstić information content (AvgIpc) is 2.65. The lowest BCUT2D eigenvalue weighted by molar-refractivity contribution is 1.09. The van der Waals surface area contributed by atoms with Gasteiger partial charge in [0.05, 0.1) is 0 Å². The van der Waals surface area contributed by atoms with Crippen molar-refractivity contribution in [3.05, 3.63) is 59.6 Å². The van der Waals surface area contributed by atoms with E-state index in [4.69, 9.17) is 23.1 Å². The third-order valence-electron chi connectivity index (χ3n) is 3.61. The Hall–Kier alpha value is -2.90. The zero-order valence-corrected chi connectivity index (χ0v) is 15.0. The predicted octanol–water partition coefficient (Wildman–Crippen LogP) is 4.06. The fourth-order valence-corrected chi connectivity index (χ4v) is 3.28. The molecule has 0 aliphatic heterocycles. The second kappa shape index (κ2) is 6.78. The summed E-state index contributed by atoms with van der Waals surface area (Å²) < 4.78 is 0. The van der Waals surface area contributed by atoms with E-state index in [9.17, 15) is 0 Å². The molecule has 4 rings (SSSR count). The zero-order valence-electron chi connectivity index (χ0n) is 13.4. The van der Waals surface area contributed by atoms with Crippen molar-refractivity contribution in [2.45, 2.75) is 9.92 Å². The zero-order chi connectivity index (χ0) is 18.1. The predicted molar refractivity (Wildman–Crippen MR) is 105 cm³/mol. The summed E-state index contributed by atoms with van der Waals surface area (Å²) in [7, 11) is 0. The molecule has 2 heterocycles. The third kappa shape index (κ3) is 3.26. The Bertz CT molecular complexity index is 1090. The summed E-state index contributed by atoms with van der Waals surface area (Å²) in [4.78, 5) is 18.6. The maximum absolute atomic E-state index is 6.11. The Balaban J connectivity index is 1.77. The maximum atomic E-state index is 6.11. The molecule has 0 fully saturated rings. The molecule has 0 amide bonds. The molecule has 0 aliphatic rings. The number of rotatable bonds is 3. The quantitative estimate of drug-likeness (QED) is 0.552. The van der Waals surface area contributed by atoms with Gasteiger partial charge in [-0.25, -0.2) is 19.9 Å². The minimum absolute atomic E-state index is 0.263. The lowest BCUT2D eigenvalue weighted by atomic mass is 10.2. The van der Waals surface area contributed by atoms with Crippen LogP contribution in [0, 0.1) is 0 Å². The van der Waals surface area contributed by atoms with E-state index in [1.165, 1.54) is 11.8 Å². The van der Waals surface area contributed by atoms with Crippen molar-refractivity contribution in [3.63, 3.8) is 0 Å². The molecule has 6 nitrogen and oxygen atoms in total. The van der Waals surface area contributed by atoms with Gasteiger partial charge >= 0.3 is 0 Å². The van der Waals surface area contributed by atoms with E-state index in [-0.39, 0.29) is 11.6 Å². The van der Waals surface area contributed by atoms with Crippen molar-refractivity contribution < 1.29 is 0 Å². The van der Waals surface area contributed by atoms with Crippen LogP contribution in [0.25, 0.3) is 22.6 Å². The minimum Gasteiger partial charge on any atom is -0.382 e. The number of halogens is 1. The average molecular weight is 381 g/mol. The van der Waals surface area contributed by atoms with Crippen LogP contribution in [0.15, 0.2) is 64.5 Å². The van der Waals surface area contributed by atoms with Crippen molar-refractivity contribution in [3.8, 4) is 11.4 Å². The third-order valence-corrected chi connectivity index (χ3v) is 4.87. The molecule has 0 aliphatic carbocycles. The van der Waals surface area contributed by atoms with E-state index in [0.29, 0.717) is 27.0 Å². The number of nitrogen functional groups attached to an aromatic ring is 2. The SMILES string of the molecule is Nc1nc2nc(-c3ccccc3)nc(N)c2nc1Sc1ccc(Cl)cc1. The number of hydrogen-bond donors (Lipinski definition) is 2. The summed E-state index contributed by atoms with van der Waals surface area (Å²) in [5.74, 6) is 1.04. The first-order valence-electron chi connectivity index (χ1n) is 7.70. The largest absolute Gasteiger partial charge is 0.382 e. The fraction of sp³-hybridized carbons (Fsp3) is 0. The van der Waals surface area contributed by atoms with Crippen LogP contribution in [0.5, 0.6) is 0 Å². The Kier molecular flexibility index (Phi) is 4.32. The first-order chi connectivity index (χ1) is 12.6. The van der Waals surface area contributed by atoms with Crippen LogP contribution < -0.4 is 11.5 Å². The van der Waals surface area contributed by atoms with Gasteiger partial charge in [-0.3, -0.25) is 0 Å². The lowest BCUT2D eigenvalue weighted by Gasteiger charge is -2.08. The van der Waals surface area contributed by atoms with Crippen LogP contribution in [-0.2, 0) is 0 Å². The molecule has 4 N–H and O–H groups in total. The molecule has 0 bridgehead atoms. The summed E-state index contributed by atoms with van der Waals surface area (Å²) >= 11 is 7.29. The molecule has 0 atom stereocenters. The molecule has 0 unspecified atom stereocenters. The molecule has 0 saturated heterocycles. The highest BCUT2D eigenvalue weighted by molar-refractivity contribution is 7.99. The monoisotopic (exact) mass is 380 g/mol. The molecule has 128 valence electrons. The van der Waals surface area contributed by atoms with Crippen LogP contribution in [0.3, 0.4) is 0 Å². The molecule has 0 saturated carbocycles. The van der Waals surface area contributed by atoms with Crippen LogP contribution in [-0.4, -0.2) is 19.9 Å². The van der Waals surface area contributed by atoms with Crippen LogP contribution >= 0.6 is 23.4 Å². The van der Waals surface area contributed by atoms with Gasteiger partial charge in [-0.1, -0.05) is 53.7 Å². The van der Waals surface area contributed by atoms with Gasteiger partial charge in [-0.2, -0.15) is 0 Å². The van der Waals surface area contributed by atoms with Gasteiger partial charge in [0, 0.05) is 15.5 Å². The molecule has 2 aromatic heterocycles. The second-order valence-electron chi connectivity index (χ2n) is 5.44. The van der Waals surface area contributed by atoms with Crippen LogP contribution in [0.4, 0.5) is 11.6 Å². The summed E-state index contributed by atoms with van der Waals surface area (Å²) in [5.41, 5.74) is 13.8. The Morgan fingerprint density at radius 3 is 2.23 bits per heavy atom. The summed E-state index contributed by atoms with van der Waals surface area (Å²) in [6.07, 6.45) is 0. The van der Waals surface area contributed by atoms with E-state index < -0.39 is 0 Å². The van der Waals surface area contributed by atoms with Gasteiger partial charge in [0.1, 0.15) is 5.03 Å². The van der Waals surface area contributed by atoms with E-state index in [2.05, 4.69) is 19.9 Å². The fourth-order valence-electron chi connectivity index (χ4n) is 2.37. The summed E-state index contributed by atoms with van der Waals surface area (Å²) in [6, 6.07) is 16.9. The highest BCUT2D eigenvalue weighted by Crippen LogP contribution is 2.32. The molecule has 8 heteroatoms. The first kappa shape index (κ1) is 16.6. The lowest BCUT2D eigenvalue weighted by Crippen LogP contribution is -2.04. The van der Waals surface area contributed by atoms with E-state index in [1.807, 2.05) is 42.5 Å². The maximum Gasteiger partial charge on any atom is 0.186 e. The van der Waals surface area contributed by atoms with Gasteiger partial charge in [0.25, 0.3) is 0 Å².